The Morgan fingerprint density at radius 3 is 2.39 bits per heavy atom. The van der Waals surface area contributed by atoms with Gasteiger partial charge in [-0.25, -0.2) is 4.79 Å². The highest BCUT2D eigenvalue weighted by Crippen LogP contribution is 2.56. The first-order valence-corrected chi connectivity index (χ1v) is 14.5. The summed E-state index contributed by atoms with van der Waals surface area (Å²) in [5.41, 5.74) is 5.56. The largest absolute Gasteiger partial charge is 0.496 e. The minimum Gasteiger partial charge on any atom is -0.496 e. The number of carbonyl (C=O) groups excluding carboxylic acids is 2. The minimum atomic E-state index is -1.12. The zero-order chi connectivity index (χ0) is 30.4. The molecule has 7 heteroatoms. The molecule has 0 radical (unpaired) electrons. The molecule has 0 fully saturated rings. The Balaban J connectivity index is 1.32. The maximum atomic E-state index is 13.4. The molecule has 0 aromatic heterocycles. The molecule has 1 atom stereocenters. The van der Waals surface area contributed by atoms with Gasteiger partial charge in [0.25, 0.3) is 5.91 Å². The van der Waals surface area contributed by atoms with Crippen molar-refractivity contribution >= 4 is 28.9 Å². The number of fused-ring (bicyclic) bond motifs is 6. The molecule has 0 saturated carbocycles. The van der Waals surface area contributed by atoms with Gasteiger partial charge in [-0.1, -0.05) is 54.6 Å². The van der Waals surface area contributed by atoms with Crippen LogP contribution in [0, 0.1) is 6.92 Å². The summed E-state index contributed by atoms with van der Waals surface area (Å²) in [5, 5.41) is 3.11. The number of methoxy groups -OCH3 is 1. The number of nitrogens with one attached hydrogen (secondary N) is 1. The lowest BCUT2D eigenvalue weighted by Gasteiger charge is -2.37. The lowest BCUT2D eigenvalue weighted by atomic mass is 9.77. The Morgan fingerprint density at radius 2 is 1.57 bits per heavy atom. The second-order valence-corrected chi connectivity index (χ2v) is 10.8. The highest BCUT2D eigenvalue weighted by atomic mass is 16.6. The summed E-state index contributed by atoms with van der Waals surface area (Å²) in [6, 6.07) is 34.3. The highest BCUT2D eigenvalue weighted by molar-refractivity contribution is 6.08. The number of amides is 1. The number of rotatable bonds is 6. The molecule has 2 aliphatic heterocycles. The second-order valence-electron chi connectivity index (χ2n) is 10.8. The van der Waals surface area contributed by atoms with Gasteiger partial charge in [-0.05, 0) is 67.9 Å². The van der Waals surface area contributed by atoms with E-state index in [0.29, 0.717) is 40.6 Å². The van der Waals surface area contributed by atoms with E-state index in [0.717, 1.165) is 33.6 Å². The smallest absolute Gasteiger partial charge is 0.340 e. The number of nitrogens with zero attached hydrogens (tertiary/aromatic N) is 1. The number of benzene rings is 5. The molecule has 44 heavy (non-hydrogen) atoms. The summed E-state index contributed by atoms with van der Waals surface area (Å²) >= 11 is 0. The molecular weight excluding hydrogens is 552 g/mol. The molecule has 0 bridgehead atoms. The summed E-state index contributed by atoms with van der Waals surface area (Å²) in [6.07, 6.45) is 0. The van der Waals surface area contributed by atoms with Crippen molar-refractivity contribution in [2.75, 3.05) is 23.9 Å². The fraction of sp³-hybridized carbons (Fsp3) is 0.135. The van der Waals surface area contributed by atoms with Crippen molar-refractivity contribution in [2.45, 2.75) is 19.4 Å². The molecule has 1 unspecified atom stereocenters. The van der Waals surface area contributed by atoms with E-state index >= 15 is 0 Å². The standard InChI is InChI=1S/C37H30N2O5/c1-4-39(31-20-17-23(2)21-30(31)38-35(40)26-12-6-9-15-32(26)42-3)24-18-19-29-34(22-24)43-33-16-10-8-14-28(33)37(29)27-13-7-5-11-25(27)36(41)44-37/h5-22H,4H2,1-3H3,(H,38,40). The van der Waals surface area contributed by atoms with Gasteiger partial charge in [-0.3, -0.25) is 4.79 Å². The van der Waals surface area contributed by atoms with E-state index in [4.69, 9.17) is 14.2 Å². The number of anilines is 3. The lowest BCUT2D eigenvalue weighted by molar-refractivity contribution is 0.0224. The molecule has 1 spiro atoms. The van der Waals surface area contributed by atoms with Crippen molar-refractivity contribution in [3.63, 3.8) is 0 Å². The van der Waals surface area contributed by atoms with Crippen LogP contribution in [0.25, 0.3) is 0 Å². The van der Waals surface area contributed by atoms with Crippen LogP contribution >= 0.6 is 0 Å². The van der Waals surface area contributed by atoms with Gasteiger partial charge in [0.15, 0.2) is 5.60 Å². The second kappa shape index (κ2) is 10.6. The maximum Gasteiger partial charge on any atom is 0.340 e. The predicted octanol–water partition coefficient (Wildman–Crippen LogP) is 7.98. The Labute approximate surface area is 255 Å². The quantitative estimate of drug-likeness (QED) is 0.205. The molecule has 2 heterocycles. The van der Waals surface area contributed by atoms with Gasteiger partial charge < -0.3 is 24.4 Å². The van der Waals surface area contributed by atoms with Crippen molar-refractivity contribution in [2.24, 2.45) is 0 Å². The SMILES string of the molecule is CCN(c1ccc2c(c1)Oc1ccccc1C21OC(=O)c2ccccc21)c1ccc(C)cc1NC(=O)c1ccccc1OC. The van der Waals surface area contributed by atoms with Crippen LogP contribution in [0.3, 0.4) is 0 Å². The molecule has 218 valence electrons. The van der Waals surface area contributed by atoms with Gasteiger partial charge in [0.05, 0.1) is 29.6 Å². The van der Waals surface area contributed by atoms with Gasteiger partial charge in [0.1, 0.15) is 17.2 Å². The molecular formula is C37H30N2O5. The number of hydrogen-bond acceptors (Lipinski definition) is 6. The third-order valence-electron chi connectivity index (χ3n) is 8.27. The van der Waals surface area contributed by atoms with Crippen LogP contribution in [-0.2, 0) is 10.3 Å². The zero-order valence-corrected chi connectivity index (χ0v) is 24.6. The fourth-order valence-electron chi connectivity index (χ4n) is 6.28. The molecule has 5 aromatic carbocycles. The van der Waals surface area contributed by atoms with Crippen LogP contribution in [0.4, 0.5) is 17.1 Å². The van der Waals surface area contributed by atoms with E-state index in [9.17, 15) is 9.59 Å². The van der Waals surface area contributed by atoms with Crippen LogP contribution < -0.4 is 19.7 Å². The topological polar surface area (TPSA) is 77.1 Å². The Morgan fingerprint density at radius 1 is 0.841 bits per heavy atom. The number of ether oxygens (including phenoxy) is 3. The van der Waals surface area contributed by atoms with Crippen molar-refractivity contribution in [3.05, 3.63) is 143 Å². The first kappa shape index (κ1) is 27.3. The average Bonchev–Trinajstić information content (AvgIpc) is 3.34. The van der Waals surface area contributed by atoms with E-state index in [-0.39, 0.29) is 11.9 Å². The zero-order valence-electron chi connectivity index (χ0n) is 24.6. The number of para-hydroxylation sites is 2. The Hall–Kier alpha value is -5.56. The van der Waals surface area contributed by atoms with Crippen LogP contribution in [0.2, 0.25) is 0 Å². The average molecular weight is 583 g/mol. The van der Waals surface area contributed by atoms with E-state index in [2.05, 4.69) is 17.1 Å². The van der Waals surface area contributed by atoms with Crippen molar-refractivity contribution in [1.82, 2.24) is 0 Å². The fourth-order valence-corrected chi connectivity index (χ4v) is 6.28. The predicted molar refractivity (Wildman–Crippen MR) is 170 cm³/mol. The van der Waals surface area contributed by atoms with Crippen LogP contribution in [-0.4, -0.2) is 25.5 Å². The van der Waals surface area contributed by atoms with Gasteiger partial charge in [-0.15, -0.1) is 0 Å². The summed E-state index contributed by atoms with van der Waals surface area (Å²) in [7, 11) is 1.55. The Bertz CT molecular complexity index is 1950. The number of carbonyl (C=O) groups is 2. The first-order chi connectivity index (χ1) is 21.4. The Kier molecular flexibility index (Phi) is 6.58. The molecule has 0 aliphatic carbocycles. The molecule has 0 saturated heterocycles. The van der Waals surface area contributed by atoms with Crippen molar-refractivity contribution in [3.8, 4) is 17.2 Å². The van der Waals surface area contributed by atoms with Gasteiger partial charge in [0.2, 0.25) is 0 Å². The van der Waals surface area contributed by atoms with E-state index in [1.807, 2.05) is 97.9 Å². The normalized spacial score (nSPS) is 15.8. The monoisotopic (exact) mass is 582 g/mol. The van der Waals surface area contributed by atoms with Crippen LogP contribution in [0.1, 0.15) is 49.9 Å². The molecule has 7 rings (SSSR count). The minimum absolute atomic E-state index is 0.264. The highest BCUT2D eigenvalue weighted by Gasteiger charge is 2.53. The summed E-state index contributed by atoms with van der Waals surface area (Å²) in [6.45, 7) is 4.65. The molecule has 2 aliphatic rings. The lowest BCUT2D eigenvalue weighted by Crippen LogP contribution is -2.33. The van der Waals surface area contributed by atoms with Crippen molar-refractivity contribution < 1.29 is 23.8 Å². The maximum absolute atomic E-state index is 13.4. The van der Waals surface area contributed by atoms with Crippen LogP contribution in [0.5, 0.6) is 17.2 Å². The molecule has 7 nitrogen and oxygen atoms in total. The van der Waals surface area contributed by atoms with E-state index in [1.165, 1.54) is 0 Å². The summed E-state index contributed by atoms with van der Waals surface area (Å²) < 4.78 is 18.2. The van der Waals surface area contributed by atoms with E-state index in [1.54, 1.807) is 25.3 Å². The first-order valence-electron chi connectivity index (χ1n) is 14.5. The van der Waals surface area contributed by atoms with Gasteiger partial charge >= 0.3 is 5.97 Å². The number of hydrogen-bond donors (Lipinski definition) is 1. The summed E-state index contributed by atoms with van der Waals surface area (Å²) in [5.74, 6) is 1.10. The van der Waals surface area contributed by atoms with Gasteiger partial charge in [-0.2, -0.15) is 0 Å². The number of esters is 1. The van der Waals surface area contributed by atoms with Gasteiger partial charge in [0, 0.05) is 35.0 Å². The molecule has 5 aromatic rings. The third kappa shape index (κ3) is 4.20. The number of aryl methyl sites for hydroxylation is 1. The van der Waals surface area contributed by atoms with Crippen LogP contribution in [0.15, 0.2) is 109 Å². The van der Waals surface area contributed by atoms with Crippen molar-refractivity contribution in [1.29, 1.82) is 0 Å². The molecule has 1 amide bonds. The molecule has 1 N–H and O–H groups in total. The van der Waals surface area contributed by atoms with E-state index < -0.39 is 5.60 Å². The summed E-state index contributed by atoms with van der Waals surface area (Å²) in [4.78, 5) is 28.7. The third-order valence-corrected chi connectivity index (χ3v) is 8.27.